The van der Waals surface area contributed by atoms with Crippen molar-refractivity contribution in [2.75, 3.05) is 32.9 Å². The first-order chi connectivity index (χ1) is 9.97. The van der Waals surface area contributed by atoms with Crippen molar-refractivity contribution in [2.45, 2.75) is 6.54 Å². The molecule has 0 amide bonds. The third-order valence-corrected chi connectivity index (χ3v) is 4.35. The molecule has 0 aliphatic carbocycles. The molecule has 21 heavy (non-hydrogen) atoms. The highest BCUT2D eigenvalue weighted by Crippen LogP contribution is 2.35. The first-order valence-electron chi connectivity index (χ1n) is 6.53. The summed E-state index contributed by atoms with van der Waals surface area (Å²) < 4.78 is 0. The van der Waals surface area contributed by atoms with E-state index in [9.17, 15) is 0 Å². The number of benzene rings is 1. The molecule has 0 aliphatic heterocycles. The number of anilines is 1. The van der Waals surface area contributed by atoms with E-state index < -0.39 is 0 Å². The normalized spacial score (nSPS) is 11.3. The molecule has 7 heteroatoms. The molecule has 0 radical (unpaired) electrons. The van der Waals surface area contributed by atoms with Crippen LogP contribution in [0.1, 0.15) is 4.88 Å². The van der Waals surface area contributed by atoms with E-state index in [0.29, 0.717) is 15.2 Å². The zero-order chi connectivity index (χ0) is 15.4. The second kappa shape index (κ2) is 7.42. The summed E-state index contributed by atoms with van der Waals surface area (Å²) in [6, 6.07) is 5.40. The van der Waals surface area contributed by atoms with Crippen molar-refractivity contribution >= 4 is 39.7 Å². The largest absolute Gasteiger partial charge is 0.375 e. The van der Waals surface area contributed by atoms with Crippen LogP contribution in [0.15, 0.2) is 18.2 Å². The third kappa shape index (κ3) is 4.56. The highest BCUT2D eigenvalue weighted by molar-refractivity contribution is 7.15. The Morgan fingerprint density at radius 1 is 1.33 bits per heavy atom. The van der Waals surface area contributed by atoms with Gasteiger partial charge in [0.2, 0.25) is 0 Å². The number of rotatable bonds is 6. The predicted octanol–water partition coefficient (Wildman–Crippen LogP) is 3.35. The molecule has 4 nitrogen and oxygen atoms in total. The Labute approximate surface area is 138 Å². The van der Waals surface area contributed by atoms with Gasteiger partial charge in [0.05, 0.1) is 10.7 Å². The molecule has 0 aliphatic rings. The Morgan fingerprint density at radius 2 is 2.10 bits per heavy atom. The molecule has 2 rings (SSSR count). The fraction of sp³-hybridized carbons (Fsp3) is 0.357. The highest BCUT2D eigenvalue weighted by Gasteiger charge is 2.14. The average Bonchev–Trinajstić information content (AvgIpc) is 2.75. The van der Waals surface area contributed by atoms with Crippen molar-refractivity contribution in [2.24, 2.45) is 0 Å². The first kappa shape index (κ1) is 16.5. The molecular weight excluding hydrogens is 327 g/mol. The maximum atomic E-state index is 6.26. The standard InChI is InChI=1S/C14H18Cl2N4S/c1-20(2)6-5-18-8-12-13(19-14(17)21-12)10-4-3-9(15)7-11(10)16/h3-4,7,18H,5-6,8H2,1-2H3,(H2,17,19). The zero-order valence-electron chi connectivity index (χ0n) is 12.0. The van der Waals surface area contributed by atoms with Crippen LogP contribution in [0.5, 0.6) is 0 Å². The molecule has 0 saturated carbocycles. The van der Waals surface area contributed by atoms with Gasteiger partial charge in [-0.2, -0.15) is 0 Å². The number of nitrogen functional groups attached to an aromatic ring is 1. The van der Waals surface area contributed by atoms with Gasteiger partial charge in [-0.1, -0.05) is 23.2 Å². The fourth-order valence-corrected chi connectivity index (χ4v) is 3.20. The van der Waals surface area contributed by atoms with E-state index in [2.05, 4.69) is 15.2 Å². The van der Waals surface area contributed by atoms with Crippen LogP contribution in [-0.2, 0) is 6.54 Å². The van der Waals surface area contributed by atoms with Gasteiger partial charge >= 0.3 is 0 Å². The molecule has 0 atom stereocenters. The number of hydrogen-bond acceptors (Lipinski definition) is 5. The van der Waals surface area contributed by atoms with Gasteiger partial charge in [0.25, 0.3) is 0 Å². The van der Waals surface area contributed by atoms with E-state index >= 15 is 0 Å². The summed E-state index contributed by atoms with van der Waals surface area (Å²) in [6.07, 6.45) is 0. The zero-order valence-corrected chi connectivity index (χ0v) is 14.3. The van der Waals surface area contributed by atoms with E-state index in [1.54, 1.807) is 6.07 Å². The van der Waals surface area contributed by atoms with Crippen molar-refractivity contribution < 1.29 is 0 Å². The van der Waals surface area contributed by atoms with E-state index in [-0.39, 0.29) is 0 Å². The lowest BCUT2D eigenvalue weighted by Crippen LogP contribution is -2.26. The highest BCUT2D eigenvalue weighted by atomic mass is 35.5. The van der Waals surface area contributed by atoms with Crippen molar-refractivity contribution in [3.8, 4) is 11.3 Å². The number of thiazole rings is 1. The summed E-state index contributed by atoms with van der Waals surface area (Å²) in [5.74, 6) is 0. The second-order valence-corrected chi connectivity index (χ2v) is 6.89. The second-order valence-electron chi connectivity index (χ2n) is 4.93. The van der Waals surface area contributed by atoms with Gasteiger partial charge in [-0.3, -0.25) is 0 Å². The first-order valence-corrected chi connectivity index (χ1v) is 8.10. The lowest BCUT2D eigenvalue weighted by molar-refractivity contribution is 0.400. The van der Waals surface area contributed by atoms with Crippen molar-refractivity contribution in [3.63, 3.8) is 0 Å². The molecule has 1 aromatic heterocycles. The minimum absolute atomic E-state index is 0.542. The third-order valence-electron chi connectivity index (χ3n) is 2.92. The predicted molar refractivity (Wildman–Crippen MR) is 92.2 cm³/mol. The molecule has 0 unspecified atom stereocenters. The summed E-state index contributed by atoms with van der Waals surface area (Å²) in [6.45, 7) is 2.60. The summed E-state index contributed by atoms with van der Waals surface area (Å²) >= 11 is 13.7. The summed E-state index contributed by atoms with van der Waals surface area (Å²) in [5.41, 5.74) is 7.54. The number of nitrogens with zero attached hydrogens (tertiary/aromatic N) is 2. The van der Waals surface area contributed by atoms with Crippen LogP contribution in [0.2, 0.25) is 10.0 Å². The number of likely N-dealkylation sites (N-methyl/N-ethyl adjacent to an activating group) is 1. The Balaban J connectivity index is 2.16. The summed E-state index contributed by atoms with van der Waals surface area (Å²) in [5, 5.41) is 5.13. The van der Waals surface area contributed by atoms with Crippen LogP contribution < -0.4 is 11.1 Å². The van der Waals surface area contributed by atoms with Gasteiger partial charge in [0.15, 0.2) is 5.13 Å². The lowest BCUT2D eigenvalue weighted by atomic mass is 10.1. The van der Waals surface area contributed by atoms with E-state index in [4.69, 9.17) is 28.9 Å². The monoisotopic (exact) mass is 344 g/mol. The average molecular weight is 345 g/mol. The molecule has 114 valence electrons. The number of hydrogen-bond donors (Lipinski definition) is 2. The SMILES string of the molecule is CN(C)CCNCc1sc(N)nc1-c1ccc(Cl)cc1Cl. The minimum atomic E-state index is 0.542. The van der Waals surface area contributed by atoms with Gasteiger partial charge < -0.3 is 16.0 Å². The maximum absolute atomic E-state index is 6.26. The smallest absolute Gasteiger partial charge is 0.180 e. The topological polar surface area (TPSA) is 54.2 Å². The Hall–Kier alpha value is -0.850. The van der Waals surface area contributed by atoms with Crippen molar-refractivity contribution in [3.05, 3.63) is 33.1 Å². The van der Waals surface area contributed by atoms with Gasteiger partial charge in [0, 0.05) is 35.1 Å². The number of nitrogens with one attached hydrogen (secondary N) is 1. The molecular formula is C14H18Cl2N4S. The molecule has 1 aromatic carbocycles. The molecule has 0 spiro atoms. The van der Waals surface area contributed by atoms with Crippen LogP contribution >= 0.6 is 34.5 Å². The molecule has 3 N–H and O–H groups in total. The number of aromatic nitrogens is 1. The van der Waals surface area contributed by atoms with E-state index in [0.717, 1.165) is 35.8 Å². The van der Waals surface area contributed by atoms with Gasteiger partial charge in [-0.15, -0.1) is 11.3 Å². The maximum Gasteiger partial charge on any atom is 0.180 e. The van der Waals surface area contributed by atoms with Crippen molar-refractivity contribution in [1.29, 1.82) is 0 Å². The van der Waals surface area contributed by atoms with Crippen molar-refractivity contribution in [1.82, 2.24) is 15.2 Å². The molecule has 2 aromatic rings. The quantitative estimate of drug-likeness (QED) is 0.789. The fourth-order valence-electron chi connectivity index (χ4n) is 1.89. The van der Waals surface area contributed by atoms with Crippen LogP contribution in [0.25, 0.3) is 11.3 Å². The molecule has 1 heterocycles. The van der Waals surface area contributed by atoms with Gasteiger partial charge in [-0.25, -0.2) is 4.98 Å². The van der Waals surface area contributed by atoms with Crippen LogP contribution in [0.4, 0.5) is 5.13 Å². The van der Waals surface area contributed by atoms with Gasteiger partial charge in [0.1, 0.15) is 0 Å². The Morgan fingerprint density at radius 3 is 2.76 bits per heavy atom. The van der Waals surface area contributed by atoms with E-state index in [1.165, 1.54) is 11.3 Å². The Kier molecular flexibility index (Phi) is 5.84. The minimum Gasteiger partial charge on any atom is -0.375 e. The molecule has 0 fully saturated rings. The Bertz CT molecular complexity index is 613. The summed E-state index contributed by atoms with van der Waals surface area (Å²) in [4.78, 5) is 7.61. The number of nitrogens with two attached hydrogens (primary N) is 1. The molecule has 0 saturated heterocycles. The van der Waals surface area contributed by atoms with Crippen LogP contribution in [-0.4, -0.2) is 37.1 Å². The van der Waals surface area contributed by atoms with Crippen LogP contribution in [0, 0.1) is 0 Å². The van der Waals surface area contributed by atoms with Gasteiger partial charge in [-0.05, 0) is 32.3 Å². The summed E-state index contributed by atoms with van der Waals surface area (Å²) in [7, 11) is 4.09. The molecule has 0 bridgehead atoms. The number of halogens is 2. The van der Waals surface area contributed by atoms with E-state index in [1.807, 2.05) is 26.2 Å². The van der Waals surface area contributed by atoms with Crippen LogP contribution in [0.3, 0.4) is 0 Å². The lowest BCUT2D eigenvalue weighted by Gasteiger charge is -2.10.